The van der Waals surface area contributed by atoms with Crippen molar-refractivity contribution in [2.75, 3.05) is 19.5 Å². The lowest BCUT2D eigenvalue weighted by atomic mass is 10.2. The molecule has 0 aliphatic carbocycles. The van der Waals surface area contributed by atoms with Gasteiger partial charge in [0.25, 0.3) is 5.88 Å². The Balaban J connectivity index is 2.38. The molecule has 0 saturated heterocycles. The van der Waals surface area contributed by atoms with Gasteiger partial charge < -0.3 is 14.8 Å². The van der Waals surface area contributed by atoms with E-state index in [0.29, 0.717) is 33.7 Å². The van der Waals surface area contributed by atoms with Gasteiger partial charge in [0.15, 0.2) is 5.82 Å². The molecule has 102 valence electrons. The molecule has 1 aromatic heterocycles. The molecule has 0 bridgehead atoms. The van der Waals surface area contributed by atoms with Gasteiger partial charge in [-0.15, -0.1) is 0 Å². The maximum atomic E-state index is 8.81. The van der Waals surface area contributed by atoms with Crippen LogP contribution in [0.1, 0.15) is 5.56 Å². The van der Waals surface area contributed by atoms with Gasteiger partial charge in [0.05, 0.1) is 36.6 Å². The zero-order chi connectivity index (χ0) is 14.5. The lowest BCUT2D eigenvalue weighted by Crippen LogP contribution is -2.01. The van der Waals surface area contributed by atoms with E-state index >= 15 is 0 Å². The van der Waals surface area contributed by atoms with Crippen LogP contribution >= 0.6 is 11.6 Å². The summed E-state index contributed by atoms with van der Waals surface area (Å²) in [5, 5.41) is 12.2. The second-order valence-electron chi connectivity index (χ2n) is 3.70. The molecule has 1 heterocycles. The molecule has 0 atom stereocenters. The van der Waals surface area contributed by atoms with E-state index in [4.69, 9.17) is 26.3 Å². The standard InChI is InChI=1S/C13H11ClN4O2/c1-19-11-12(16-7-17-13(11)20-2)18-10-4-3-8(6-15)5-9(10)14/h3-5,7H,1-2H3,(H,16,17,18). The molecule has 0 spiro atoms. The Hall–Kier alpha value is -2.52. The normalized spacial score (nSPS) is 9.70. The monoisotopic (exact) mass is 290 g/mol. The van der Waals surface area contributed by atoms with Gasteiger partial charge in [0, 0.05) is 0 Å². The van der Waals surface area contributed by atoms with Crippen molar-refractivity contribution in [3.63, 3.8) is 0 Å². The van der Waals surface area contributed by atoms with Crippen molar-refractivity contribution in [2.24, 2.45) is 0 Å². The molecular formula is C13H11ClN4O2. The van der Waals surface area contributed by atoms with Crippen molar-refractivity contribution in [1.82, 2.24) is 9.97 Å². The summed E-state index contributed by atoms with van der Waals surface area (Å²) in [5.74, 6) is 1.11. The highest BCUT2D eigenvalue weighted by Crippen LogP contribution is 2.34. The fraction of sp³-hybridized carbons (Fsp3) is 0.154. The molecule has 0 aliphatic heterocycles. The fourth-order valence-electron chi connectivity index (χ4n) is 1.59. The second kappa shape index (κ2) is 6.08. The summed E-state index contributed by atoms with van der Waals surface area (Å²) in [7, 11) is 2.98. The first-order valence-corrected chi connectivity index (χ1v) is 5.97. The molecule has 2 aromatic rings. The zero-order valence-electron chi connectivity index (χ0n) is 10.8. The third-order valence-corrected chi connectivity index (χ3v) is 2.83. The Kier molecular flexibility index (Phi) is 4.23. The number of benzene rings is 1. The summed E-state index contributed by atoms with van der Waals surface area (Å²) in [6.45, 7) is 0. The van der Waals surface area contributed by atoms with E-state index in [1.807, 2.05) is 6.07 Å². The summed E-state index contributed by atoms with van der Waals surface area (Å²) in [5.41, 5.74) is 1.08. The van der Waals surface area contributed by atoms with E-state index in [1.54, 1.807) is 18.2 Å². The van der Waals surface area contributed by atoms with Gasteiger partial charge in [0.1, 0.15) is 6.33 Å². The average molecular weight is 291 g/mol. The predicted octanol–water partition coefficient (Wildman–Crippen LogP) is 2.76. The Bertz CT molecular complexity index is 670. The van der Waals surface area contributed by atoms with Gasteiger partial charge in [-0.2, -0.15) is 10.2 Å². The first-order valence-electron chi connectivity index (χ1n) is 5.59. The van der Waals surface area contributed by atoms with Crippen molar-refractivity contribution in [3.05, 3.63) is 35.1 Å². The molecule has 0 aliphatic rings. The van der Waals surface area contributed by atoms with E-state index in [-0.39, 0.29) is 0 Å². The number of nitrogens with one attached hydrogen (secondary N) is 1. The van der Waals surface area contributed by atoms with Crippen LogP contribution in [0.25, 0.3) is 0 Å². The molecule has 0 fully saturated rings. The number of hydrogen-bond acceptors (Lipinski definition) is 6. The molecule has 0 saturated carbocycles. The number of aromatic nitrogens is 2. The first kappa shape index (κ1) is 13.9. The van der Waals surface area contributed by atoms with Gasteiger partial charge in [0.2, 0.25) is 5.75 Å². The number of ether oxygens (including phenoxy) is 2. The Morgan fingerprint density at radius 2 is 2.05 bits per heavy atom. The van der Waals surface area contributed by atoms with Crippen LogP contribution in [0.2, 0.25) is 5.02 Å². The molecule has 0 radical (unpaired) electrons. The van der Waals surface area contributed by atoms with Gasteiger partial charge in [-0.1, -0.05) is 11.6 Å². The fourth-order valence-corrected chi connectivity index (χ4v) is 1.82. The molecule has 0 unspecified atom stereocenters. The molecule has 2 rings (SSSR count). The molecule has 1 aromatic carbocycles. The number of hydrogen-bond donors (Lipinski definition) is 1. The Morgan fingerprint density at radius 3 is 2.65 bits per heavy atom. The number of anilines is 2. The van der Waals surface area contributed by atoms with Gasteiger partial charge in [-0.3, -0.25) is 0 Å². The summed E-state index contributed by atoms with van der Waals surface area (Å²) in [6, 6.07) is 6.92. The van der Waals surface area contributed by atoms with Crippen LogP contribution < -0.4 is 14.8 Å². The maximum absolute atomic E-state index is 8.81. The summed E-state index contributed by atoms with van der Waals surface area (Å²) in [4.78, 5) is 8.03. The van der Waals surface area contributed by atoms with Gasteiger partial charge >= 0.3 is 0 Å². The smallest absolute Gasteiger partial charge is 0.262 e. The molecule has 0 amide bonds. The molecular weight excluding hydrogens is 280 g/mol. The minimum atomic E-state index is 0.315. The van der Waals surface area contributed by atoms with Crippen molar-refractivity contribution in [1.29, 1.82) is 5.26 Å². The van der Waals surface area contributed by atoms with Crippen molar-refractivity contribution >= 4 is 23.1 Å². The van der Waals surface area contributed by atoms with Crippen LogP contribution in [0.4, 0.5) is 11.5 Å². The molecule has 6 nitrogen and oxygen atoms in total. The molecule has 20 heavy (non-hydrogen) atoms. The highest BCUT2D eigenvalue weighted by atomic mass is 35.5. The lowest BCUT2D eigenvalue weighted by Gasteiger charge is -2.12. The summed E-state index contributed by atoms with van der Waals surface area (Å²) in [6.07, 6.45) is 1.35. The number of nitriles is 1. The topological polar surface area (TPSA) is 80.1 Å². The quantitative estimate of drug-likeness (QED) is 0.932. The van der Waals surface area contributed by atoms with Crippen LogP contribution in [0.15, 0.2) is 24.5 Å². The van der Waals surface area contributed by atoms with E-state index in [9.17, 15) is 0 Å². The van der Waals surface area contributed by atoms with E-state index < -0.39 is 0 Å². The van der Waals surface area contributed by atoms with E-state index in [2.05, 4.69) is 15.3 Å². The van der Waals surface area contributed by atoms with Crippen LogP contribution in [0.5, 0.6) is 11.6 Å². The lowest BCUT2D eigenvalue weighted by molar-refractivity contribution is 0.342. The Morgan fingerprint density at radius 1 is 1.25 bits per heavy atom. The highest BCUT2D eigenvalue weighted by molar-refractivity contribution is 6.33. The van der Waals surface area contributed by atoms with Crippen LogP contribution in [0.3, 0.4) is 0 Å². The second-order valence-corrected chi connectivity index (χ2v) is 4.10. The Labute approximate surface area is 120 Å². The maximum Gasteiger partial charge on any atom is 0.262 e. The van der Waals surface area contributed by atoms with E-state index in [0.717, 1.165) is 0 Å². The molecule has 7 heteroatoms. The third-order valence-electron chi connectivity index (χ3n) is 2.52. The summed E-state index contributed by atoms with van der Waals surface area (Å²) >= 11 is 6.10. The van der Waals surface area contributed by atoms with Gasteiger partial charge in [-0.05, 0) is 18.2 Å². The van der Waals surface area contributed by atoms with Crippen molar-refractivity contribution in [3.8, 4) is 17.7 Å². The first-order chi connectivity index (χ1) is 9.69. The van der Waals surface area contributed by atoms with Crippen molar-refractivity contribution in [2.45, 2.75) is 0 Å². The van der Waals surface area contributed by atoms with E-state index in [1.165, 1.54) is 20.5 Å². The minimum Gasteiger partial charge on any atom is -0.489 e. The van der Waals surface area contributed by atoms with Gasteiger partial charge in [-0.25, -0.2) is 4.98 Å². The van der Waals surface area contributed by atoms with Crippen LogP contribution in [-0.4, -0.2) is 24.2 Å². The summed E-state index contributed by atoms with van der Waals surface area (Å²) < 4.78 is 10.3. The van der Waals surface area contributed by atoms with Crippen LogP contribution in [0, 0.1) is 11.3 Å². The average Bonchev–Trinajstić information content (AvgIpc) is 2.48. The zero-order valence-corrected chi connectivity index (χ0v) is 11.6. The number of nitrogens with zero attached hydrogens (tertiary/aromatic N) is 3. The van der Waals surface area contributed by atoms with Crippen LogP contribution in [-0.2, 0) is 0 Å². The number of rotatable bonds is 4. The number of halogens is 1. The minimum absolute atomic E-state index is 0.315. The van der Waals surface area contributed by atoms with Crippen molar-refractivity contribution < 1.29 is 9.47 Å². The predicted molar refractivity (Wildman–Crippen MR) is 74.6 cm³/mol. The SMILES string of the molecule is COc1ncnc(Nc2ccc(C#N)cc2Cl)c1OC. The molecule has 1 N–H and O–H groups in total. The highest BCUT2D eigenvalue weighted by Gasteiger charge is 2.14. The number of methoxy groups -OCH3 is 2. The largest absolute Gasteiger partial charge is 0.489 e. The third kappa shape index (κ3) is 2.73.